The van der Waals surface area contributed by atoms with Gasteiger partial charge in [-0.1, -0.05) is 62.4 Å². The van der Waals surface area contributed by atoms with Gasteiger partial charge in [-0.05, 0) is 30.0 Å². The van der Waals surface area contributed by atoms with E-state index in [1.54, 1.807) is 0 Å². The second kappa shape index (κ2) is 8.23. The zero-order chi connectivity index (χ0) is 15.8. The first-order valence-corrected chi connectivity index (χ1v) is 7.67. The summed E-state index contributed by atoms with van der Waals surface area (Å²) in [6, 6.07) is 19.2. The molecule has 116 valence electrons. The molecule has 22 heavy (non-hydrogen) atoms. The first-order chi connectivity index (χ1) is 10.6. The van der Waals surface area contributed by atoms with Gasteiger partial charge in [0.05, 0.1) is 0 Å². The molecule has 0 saturated carbocycles. The van der Waals surface area contributed by atoms with E-state index in [0.29, 0.717) is 12.5 Å². The Bertz CT molecular complexity index is 567. The molecule has 0 heterocycles. The van der Waals surface area contributed by atoms with Gasteiger partial charge in [-0.15, -0.1) is 0 Å². The molecule has 1 N–H and O–H groups in total. The summed E-state index contributed by atoms with van der Waals surface area (Å²) in [6.07, 6.45) is 0.739. The molecule has 0 amide bonds. The Morgan fingerprint density at radius 2 is 1.59 bits per heavy atom. The highest BCUT2D eigenvalue weighted by molar-refractivity contribution is 5.79. The lowest BCUT2D eigenvalue weighted by atomic mass is 10.0. The minimum atomic E-state index is -0.328. The van der Waals surface area contributed by atoms with Gasteiger partial charge in [-0.25, -0.2) is 4.79 Å². The fourth-order valence-electron chi connectivity index (χ4n) is 2.25. The number of anilines is 1. The van der Waals surface area contributed by atoms with Crippen LogP contribution in [0, 0.1) is 5.92 Å². The molecular formula is C19H23NO2. The number of carbonyl (C=O) groups is 1. The van der Waals surface area contributed by atoms with Gasteiger partial charge in [0.1, 0.15) is 12.6 Å². The molecule has 1 atom stereocenters. The second-order valence-corrected chi connectivity index (χ2v) is 5.79. The molecule has 0 saturated heterocycles. The Morgan fingerprint density at radius 1 is 1.00 bits per heavy atom. The lowest BCUT2D eigenvalue weighted by Gasteiger charge is -2.20. The van der Waals surface area contributed by atoms with Crippen molar-refractivity contribution in [3.63, 3.8) is 0 Å². The number of nitrogens with one attached hydrogen (secondary N) is 1. The van der Waals surface area contributed by atoms with E-state index in [1.807, 2.05) is 60.7 Å². The predicted molar refractivity (Wildman–Crippen MR) is 89.5 cm³/mol. The normalized spacial score (nSPS) is 12.0. The number of ether oxygens (including phenoxy) is 1. The van der Waals surface area contributed by atoms with Crippen molar-refractivity contribution in [1.82, 2.24) is 0 Å². The molecule has 0 aromatic heterocycles. The topological polar surface area (TPSA) is 38.3 Å². The van der Waals surface area contributed by atoms with Crippen LogP contribution in [-0.2, 0) is 16.1 Å². The van der Waals surface area contributed by atoms with Crippen LogP contribution in [0.4, 0.5) is 5.69 Å². The highest BCUT2D eigenvalue weighted by atomic mass is 16.5. The Labute approximate surface area is 132 Å². The summed E-state index contributed by atoms with van der Waals surface area (Å²) >= 11 is 0. The summed E-state index contributed by atoms with van der Waals surface area (Å²) in [4.78, 5) is 12.4. The average molecular weight is 297 g/mol. The fourth-order valence-corrected chi connectivity index (χ4v) is 2.25. The summed E-state index contributed by atoms with van der Waals surface area (Å²) in [7, 11) is 0. The van der Waals surface area contributed by atoms with E-state index < -0.39 is 0 Å². The summed E-state index contributed by atoms with van der Waals surface area (Å²) < 4.78 is 5.46. The number of rotatable bonds is 7. The van der Waals surface area contributed by atoms with Crippen LogP contribution in [0.1, 0.15) is 25.8 Å². The predicted octanol–water partition coefficient (Wildman–Crippen LogP) is 4.26. The number of carbonyl (C=O) groups excluding carboxylic acids is 1. The van der Waals surface area contributed by atoms with Crippen molar-refractivity contribution in [1.29, 1.82) is 0 Å². The van der Waals surface area contributed by atoms with Crippen molar-refractivity contribution in [2.75, 3.05) is 5.32 Å². The Morgan fingerprint density at radius 3 is 2.18 bits per heavy atom. The summed E-state index contributed by atoms with van der Waals surface area (Å²) in [5, 5.41) is 3.27. The largest absolute Gasteiger partial charge is 0.459 e. The molecule has 0 fully saturated rings. The third-order valence-electron chi connectivity index (χ3n) is 3.33. The maximum atomic E-state index is 12.4. The number of para-hydroxylation sites is 1. The van der Waals surface area contributed by atoms with Gasteiger partial charge in [0.25, 0.3) is 0 Å². The van der Waals surface area contributed by atoms with E-state index in [9.17, 15) is 4.79 Å². The average Bonchev–Trinajstić information content (AvgIpc) is 2.53. The Kier molecular flexibility index (Phi) is 6.01. The summed E-state index contributed by atoms with van der Waals surface area (Å²) in [6.45, 7) is 4.51. The minimum Gasteiger partial charge on any atom is -0.459 e. The molecule has 0 radical (unpaired) electrons. The second-order valence-electron chi connectivity index (χ2n) is 5.79. The highest BCUT2D eigenvalue weighted by Gasteiger charge is 2.21. The van der Waals surface area contributed by atoms with E-state index in [2.05, 4.69) is 19.2 Å². The third kappa shape index (κ3) is 5.24. The first-order valence-electron chi connectivity index (χ1n) is 7.67. The molecule has 0 aliphatic rings. The molecule has 0 bridgehead atoms. The number of hydrogen-bond acceptors (Lipinski definition) is 3. The van der Waals surface area contributed by atoms with Gasteiger partial charge in [0.2, 0.25) is 0 Å². The minimum absolute atomic E-state index is 0.207. The van der Waals surface area contributed by atoms with Gasteiger partial charge < -0.3 is 10.1 Å². The molecule has 2 aromatic rings. The smallest absolute Gasteiger partial charge is 0.328 e. The fraction of sp³-hybridized carbons (Fsp3) is 0.316. The van der Waals surface area contributed by atoms with Crippen molar-refractivity contribution >= 4 is 11.7 Å². The lowest BCUT2D eigenvalue weighted by Crippen LogP contribution is -2.32. The standard InChI is InChI=1S/C19H23NO2/c1-15(2)13-18(20-17-11-7-4-8-12-17)19(21)22-14-16-9-5-3-6-10-16/h3-12,15,18,20H,13-14H2,1-2H3/t18-/m0/s1. The van der Waals surface area contributed by atoms with E-state index in [-0.39, 0.29) is 12.0 Å². The quantitative estimate of drug-likeness (QED) is 0.776. The van der Waals surface area contributed by atoms with Crippen molar-refractivity contribution in [3.05, 3.63) is 66.2 Å². The molecule has 0 aliphatic heterocycles. The van der Waals surface area contributed by atoms with Gasteiger partial charge in [-0.2, -0.15) is 0 Å². The monoisotopic (exact) mass is 297 g/mol. The highest BCUT2D eigenvalue weighted by Crippen LogP contribution is 2.15. The molecule has 0 unspecified atom stereocenters. The lowest BCUT2D eigenvalue weighted by molar-refractivity contribution is -0.146. The van der Waals surface area contributed by atoms with E-state index in [4.69, 9.17) is 4.74 Å². The van der Waals surface area contributed by atoms with Crippen molar-refractivity contribution < 1.29 is 9.53 Å². The van der Waals surface area contributed by atoms with Gasteiger partial charge in [-0.3, -0.25) is 0 Å². The van der Waals surface area contributed by atoms with Gasteiger partial charge in [0.15, 0.2) is 0 Å². The Balaban J connectivity index is 1.96. The molecule has 3 heteroatoms. The van der Waals surface area contributed by atoms with Crippen molar-refractivity contribution in [3.8, 4) is 0 Å². The third-order valence-corrected chi connectivity index (χ3v) is 3.33. The van der Waals surface area contributed by atoms with E-state index >= 15 is 0 Å². The van der Waals surface area contributed by atoms with Crippen LogP contribution in [0.25, 0.3) is 0 Å². The van der Waals surface area contributed by atoms with E-state index in [1.165, 1.54) is 0 Å². The summed E-state index contributed by atoms with van der Waals surface area (Å²) in [5.74, 6) is 0.201. The maximum absolute atomic E-state index is 12.4. The zero-order valence-electron chi connectivity index (χ0n) is 13.2. The zero-order valence-corrected chi connectivity index (χ0v) is 13.2. The molecule has 2 aromatic carbocycles. The summed E-state index contributed by atoms with van der Waals surface area (Å²) in [5.41, 5.74) is 1.93. The van der Waals surface area contributed by atoms with Crippen LogP contribution in [0.3, 0.4) is 0 Å². The van der Waals surface area contributed by atoms with Crippen molar-refractivity contribution in [2.24, 2.45) is 5.92 Å². The van der Waals surface area contributed by atoms with Crippen LogP contribution < -0.4 is 5.32 Å². The first kappa shape index (κ1) is 16.1. The van der Waals surface area contributed by atoms with Crippen LogP contribution in [0.15, 0.2) is 60.7 Å². The number of esters is 1. The van der Waals surface area contributed by atoms with Gasteiger partial charge >= 0.3 is 5.97 Å². The molecular weight excluding hydrogens is 274 g/mol. The van der Waals surface area contributed by atoms with Crippen LogP contribution in [0.5, 0.6) is 0 Å². The SMILES string of the molecule is CC(C)C[C@H](Nc1ccccc1)C(=O)OCc1ccccc1. The molecule has 0 spiro atoms. The van der Waals surface area contributed by atoms with Crippen LogP contribution in [-0.4, -0.2) is 12.0 Å². The number of benzene rings is 2. The van der Waals surface area contributed by atoms with Crippen molar-refractivity contribution in [2.45, 2.75) is 32.9 Å². The molecule has 0 aliphatic carbocycles. The molecule has 2 rings (SSSR count). The van der Waals surface area contributed by atoms with Crippen LogP contribution in [0.2, 0.25) is 0 Å². The van der Waals surface area contributed by atoms with Crippen LogP contribution >= 0.6 is 0 Å². The maximum Gasteiger partial charge on any atom is 0.328 e. The van der Waals surface area contributed by atoms with E-state index in [0.717, 1.165) is 17.7 Å². The Hall–Kier alpha value is -2.29. The molecule has 3 nitrogen and oxygen atoms in total. The van der Waals surface area contributed by atoms with Gasteiger partial charge in [0, 0.05) is 5.69 Å². The number of hydrogen-bond donors (Lipinski definition) is 1.